The van der Waals surface area contributed by atoms with Gasteiger partial charge >= 0.3 is 0 Å². The molecule has 3 aromatic rings. The van der Waals surface area contributed by atoms with Crippen molar-refractivity contribution in [2.45, 2.75) is 11.3 Å². The van der Waals surface area contributed by atoms with Crippen molar-refractivity contribution in [1.82, 2.24) is 9.62 Å². The molecule has 0 saturated heterocycles. The summed E-state index contributed by atoms with van der Waals surface area (Å²) in [6.45, 7) is -0.235. The molecule has 164 valence electrons. The van der Waals surface area contributed by atoms with E-state index >= 15 is 0 Å². The minimum absolute atomic E-state index is 0.0127. The second-order valence-electron chi connectivity index (χ2n) is 7.75. The maximum atomic E-state index is 12.4. The monoisotopic (exact) mass is 449 g/mol. The fourth-order valence-corrected chi connectivity index (χ4v) is 4.65. The van der Waals surface area contributed by atoms with E-state index in [0.29, 0.717) is 5.69 Å². The fourth-order valence-electron chi connectivity index (χ4n) is 3.70. The van der Waals surface area contributed by atoms with Gasteiger partial charge in [0.2, 0.25) is 15.9 Å². The van der Waals surface area contributed by atoms with Gasteiger partial charge in [0.25, 0.3) is 5.91 Å². The van der Waals surface area contributed by atoms with E-state index < -0.39 is 15.9 Å². The molecule has 0 atom stereocenters. The highest BCUT2D eigenvalue weighted by atomic mass is 32.2. The number of benzene rings is 3. The van der Waals surface area contributed by atoms with Crippen LogP contribution in [0, 0.1) is 0 Å². The molecule has 0 radical (unpaired) electrons. The van der Waals surface area contributed by atoms with Crippen LogP contribution >= 0.6 is 0 Å². The van der Waals surface area contributed by atoms with Crippen molar-refractivity contribution in [3.8, 4) is 11.1 Å². The zero-order valence-electron chi connectivity index (χ0n) is 17.8. The Morgan fingerprint density at radius 1 is 0.906 bits per heavy atom. The molecule has 7 nitrogen and oxygen atoms in total. The van der Waals surface area contributed by atoms with Crippen LogP contribution in [-0.4, -0.2) is 45.2 Å². The zero-order chi connectivity index (χ0) is 22.9. The fraction of sp³-hybridized carbons (Fsp3) is 0.167. The largest absolute Gasteiger partial charge is 0.343 e. The number of nitrogens with zero attached hydrogens (tertiary/aromatic N) is 1. The van der Waals surface area contributed by atoms with Crippen LogP contribution in [0.15, 0.2) is 71.6 Å². The Hall–Kier alpha value is -3.49. The van der Waals surface area contributed by atoms with Crippen LogP contribution in [0.25, 0.3) is 11.1 Å². The highest BCUT2D eigenvalue weighted by Crippen LogP contribution is 2.37. The Kier molecular flexibility index (Phi) is 5.82. The van der Waals surface area contributed by atoms with E-state index in [2.05, 4.69) is 22.8 Å². The van der Waals surface area contributed by atoms with Gasteiger partial charge in [-0.1, -0.05) is 36.4 Å². The van der Waals surface area contributed by atoms with Crippen LogP contribution in [0.2, 0.25) is 0 Å². The zero-order valence-corrected chi connectivity index (χ0v) is 18.6. The van der Waals surface area contributed by atoms with Gasteiger partial charge in [0.15, 0.2) is 0 Å². The molecule has 0 spiro atoms. The average molecular weight is 450 g/mol. The Balaban J connectivity index is 1.38. The average Bonchev–Trinajstić information content (AvgIpc) is 3.15. The first kappa shape index (κ1) is 21.7. The van der Waals surface area contributed by atoms with E-state index in [1.165, 1.54) is 55.1 Å². The summed E-state index contributed by atoms with van der Waals surface area (Å²) in [4.78, 5) is 24.8. The molecule has 1 aliphatic carbocycles. The van der Waals surface area contributed by atoms with Gasteiger partial charge in [-0.15, -0.1) is 0 Å². The number of rotatable bonds is 6. The molecule has 0 heterocycles. The van der Waals surface area contributed by atoms with Gasteiger partial charge in [0, 0.05) is 25.3 Å². The number of fused-ring (bicyclic) bond motifs is 3. The lowest BCUT2D eigenvalue weighted by atomic mass is 10.1. The molecule has 0 unspecified atom stereocenters. The molecule has 3 aromatic carbocycles. The van der Waals surface area contributed by atoms with Crippen LogP contribution in [0.1, 0.15) is 21.5 Å². The lowest BCUT2D eigenvalue weighted by Crippen LogP contribution is -2.33. The predicted octanol–water partition coefficient (Wildman–Crippen LogP) is 2.88. The van der Waals surface area contributed by atoms with Crippen LogP contribution < -0.4 is 10.6 Å². The van der Waals surface area contributed by atoms with E-state index in [9.17, 15) is 18.0 Å². The molecule has 8 heteroatoms. The maximum Gasteiger partial charge on any atom is 0.251 e. The number of nitrogens with one attached hydrogen (secondary N) is 2. The van der Waals surface area contributed by atoms with Gasteiger partial charge in [-0.2, -0.15) is 0 Å². The van der Waals surface area contributed by atoms with Gasteiger partial charge < -0.3 is 10.6 Å². The lowest BCUT2D eigenvalue weighted by molar-refractivity contribution is -0.115. The van der Waals surface area contributed by atoms with Crippen molar-refractivity contribution in [2.24, 2.45) is 0 Å². The summed E-state index contributed by atoms with van der Waals surface area (Å²) >= 11 is 0. The third-order valence-electron chi connectivity index (χ3n) is 5.36. The second-order valence-corrected chi connectivity index (χ2v) is 9.90. The van der Waals surface area contributed by atoms with E-state index in [1.807, 2.05) is 30.3 Å². The number of hydrogen-bond donors (Lipinski definition) is 2. The van der Waals surface area contributed by atoms with Gasteiger partial charge in [0.05, 0.1) is 11.4 Å². The molecule has 0 saturated carbocycles. The van der Waals surface area contributed by atoms with E-state index in [-0.39, 0.29) is 22.9 Å². The van der Waals surface area contributed by atoms with Gasteiger partial charge in [-0.05, 0) is 59.0 Å². The number of carbonyl (C=O) groups is 2. The number of sulfonamides is 1. The van der Waals surface area contributed by atoms with E-state index in [4.69, 9.17) is 0 Å². The summed E-state index contributed by atoms with van der Waals surface area (Å²) in [7, 11) is -0.814. The smallest absolute Gasteiger partial charge is 0.251 e. The summed E-state index contributed by atoms with van der Waals surface area (Å²) in [5.74, 6) is -0.897. The SMILES string of the molecule is CN(C)S(=O)(=O)c1cccc(C(=O)NCC(=O)Nc2ccc3c(c2)Cc2ccccc2-3)c1. The predicted molar refractivity (Wildman–Crippen MR) is 123 cm³/mol. The summed E-state index contributed by atoms with van der Waals surface area (Å²) in [5.41, 5.74) is 5.61. The third kappa shape index (κ3) is 4.28. The number of anilines is 1. The lowest BCUT2D eigenvalue weighted by Gasteiger charge is -2.12. The van der Waals surface area contributed by atoms with E-state index in [0.717, 1.165) is 16.3 Å². The van der Waals surface area contributed by atoms with Gasteiger partial charge in [-0.25, -0.2) is 12.7 Å². The maximum absolute atomic E-state index is 12.4. The highest BCUT2D eigenvalue weighted by Gasteiger charge is 2.20. The van der Waals surface area contributed by atoms with Crippen molar-refractivity contribution in [3.05, 3.63) is 83.4 Å². The Morgan fingerprint density at radius 2 is 1.66 bits per heavy atom. The van der Waals surface area contributed by atoms with Crippen LogP contribution in [0.5, 0.6) is 0 Å². The second kappa shape index (κ2) is 8.57. The first-order valence-electron chi connectivity index (χ1n) is 10.1. The minimum Gasteiger partial charge on any atom is -0.343 e. The Labute approximate surface area is 187 Å². The topological polar surface area (TPSA) is 95.6 Å². The molecule has 32 heavy (non-hydrogen) atoms. The summed E-state index contributed by atoms with van der Waals surface area (Å²) in [6, 6.07) is 19.7. The number of hydrogen-bond acceptors (Lipinski definition) is 4. The summed E-state index contributed by atoms with van der Waals surface area (Å²) < 4.78 is 25.6. The molecular formula is C24H23N3O4S. The molecular weight excluding hydrogens is 426 g/mol. The van der Waals surface area contributed by atoms with Crippen molar-refractivity contribution in [3.63, 3.8) is 0 Å². The number of carbonyl (C=O) groups excluding carboxylic acids is 2. The molecule has 2 amide bonds. The molecule has 2 N–H and O–H groups in total. The first-order chi connectivity index (χ1) is 15.3. The standard InChI is InChI=1S/C24H23N3O4S/c1-27(2)32(30,31)20-8-5-7-17(14-20)24(29)25-15-23(28)26-19-10-11-22-18(13-19)12-16-6-3-4-9-21(16)22/h3-11,13-14H,12,15H2,1-2H3,(H,25,29)(H,26,28). The van der Waals surface area contributed by atoms with Gasteiger partial charge in [0.1, 0.15) is 0 Å². The summed E-state index contributed by atoms with van der Waals surface area (Å²) in [5, 5.41) is 5.33. The Morgan fingerprint density at radius 3 is 2.44 bits per heavy atom. The molecule has 0 aromatic heterocycles. The highest BCUT2D eigenvalue weighted by molar-refractivity contribution is 7.89. The van der Waals surface area contributed by atoms with Crippen molar-refractivity contribution < 1.29 is 18.0 Å². The van der Waals surface area contributed by atoms with Crippen LogP contribution in [-0.2, 0) is 21.2 Å². The minimum atomic E-state index is -3.66. The number of amides is 2. The molecule has 0 bridgehead atoms. The summed E-state index contributed by atoms with van der Waals surface area (Å²) in [6.07, 6.45) is 0.818. The van der Waals surface area contributed by atoms with Crippen LogP contribution in [0.3, 0.4) is 0 Å². The molecule has 4 rings (SSSR count). The third-order valence-corrected chi connectivity index (χ3v) is 7.17. The normalized spacial score (nSPS) is 12.2. The van der Waals surface area contributed by atoms with E-state index in [1.54, 1.807) is 0 Å². The molecule has 0 aliphatic heterocycles. The quantitative estimate of drug-likeness (QED) is 0.473. The first-order valence-corrected chi connectivity index (χ1v) is 11.5. The molecule has 0 fully saturated rings. The van der Waals surface area contributed by atoms with Crippen molar-refractivity contribution in [2.75, 3.05) is 26.0 Å². The van der Waals surface area contributed by atoms with Crippen molar-refractivity contribution >= 4 is 27.5 Å². The van der Waals surface area contributed by atoms with Gasteiger partial charge in [-0.3, -0.25) is 9.59 Å². The molecule has 1 aliphatic rings. The Bertz CT molecular complexity index is 1320. The van der Waals surface area contributed by atoms with Crippen molar-refractivity contribution in [1.29, 1.82) is 0 Å². The van der Waals surface area contributed by atoms with Crippen LogP contribution in [0.4, 0.5) is 5.69 Å².